The summed E-state index contributed by atoms with van der Waals surface area (Å²) in [7, 11) is -3.36. The molecule has 3 N–H and O–H groups in total. The van der Waals surface area contributed by atoms with E-state index < -0.39 is 9.84 Å². The highest BCUT2D eigenvalue weighted by Gasteiger charge is 2.20. The van der Waals surface area contributed by atoms with Crippen LogP contribution in [0.2, 0.25) is 0 Å². The average Bonchev–Trinajstić information content (AvgIpc) is 2.58. The number of sulfone groups is 1. The summed E-state index contributed by atoms with van der Waals surface area (Å²) in [5, 5.41) is 3.46. The fourth-order valence-electron chi connectivity index (χ4n) is 1.32. The molecule has 1 aromatic heterocycles. The summed E-state index contributed by atoms with van der Waals surface area (Å²) < 4.78 is 32.3. The minimum Gasteiger partial charge on any atom is -0.382 e. The van der Waals surface area contributed by atoms with Crippen molar-refractivity contribution >= 4 is 32.2 Å². The fourth-order valence-corrected chi connectivity index (χ4v) is 3.41. The monoisotopic (exact) mass is 293 g/mol. The van der Waals surface area contributed by atoms with Gasteiger partial charge in [-0.25, -0.2) is 8.42 Å². The normalized spacial score (nSPS) is 12.0. The summed E-state index contributed by atoms with van der Waals surface area (Å²) in [6.07, 6.45) is 1.12. The molecule has 0 bridgehead atoms. The predicted octanol–water partition coefficient (Wildman–Crippen LogP) is 1.21. The Bertz CT molecular complexity index is 483. The van der Waals surface area contributed by atoms with Crippen LogP contribution in [0.5, 0.6) is 0 Å². The summed E-state index contributed by atoms with van der Waals surface area (Å²) in [5.74, 6) is 0.531. The van der Waals surface area contributed by atoms with E-state index >= 15 is 0 Å². The maximum Gasteiger partial charge on any atom is 0.182 e. The number of nitrogen functional groups attached to an aromatic ring is 1. The molecule has 0 aliphatic rings. The van der Waals surface area contributed by atoms with Gasteiger partial charge in [-0.05, 0) is 17.5 Å². The maximum atomic E-state index is 11.5. The summed E-state index contributed by atoms with van der Waals surface area (Å²) in [6.45, 7) is 5.86. The van der Waals surface area contributed by atoms with Crippen LogP contribution in [0.25, 0.3) is 0 Å². The number of ether oxygens (including phenoxy) is 1. The van der Waals surface area contributed by atoms with E-state index in [1.807, 2.05) is 0 Å². The number of nitrogens with one attached hydrogen (secondary N) is 1. The Labute approximate surface area is 112 Å². The van der Waals surface area contributed by atoms with Crippen molar-refractivity contribution in [3.05, 3.63) is 0 Å². The molecule has 0 radical (unpaired) electrons. The maximum absolute atomic E-state index is 11.5. The number of nitrogens with zero attached hydrogens (tertiary/aromatic N) is 1. The van der Waals surface area contributed by atoms with Crippen LogP contribution in [0, 0.1) is 5.92 Å². The van der Waals surface area contributed by atoms with Crippen molar-refractivity contribution in [3.8, 4) is 0 Å². The molecule has 0 amide bonds. The van der Waals surface area contributed by atoms with Crippen LogP contribution < -0.4 is 11.1 Å². The quantitative estimate of drug-likeness (QED) is 0.734. The highest BCUT2D eigenvalue weighted by molar-refractivity contribution is 7.91. The van der Waals surface area contributed by atoms with Crippen molar-refractivity contribution in [2.24, 2.45) is 5.92 Å². The molecule has 0 atom stereocenters. The van der Waals surface area contributed by atoms with Gasteiger partial charge in [-0.15, -0.1) is 0 Å². The van der Waals surface area contributed by atoms with Gasteiger partial charge in [0.2, 0.25) is 0 Å². The van der Waals surface area contributed by atoms with Crippen LogP contribution in [0.15, 0.2) is 4.90 Å². The van der Waals surface area contributed by atoms with Crippen LogP contribution in [-0.2, 0) is 14.6 Å². The van der Waals surface area contributed by atoms with Gasteiger partial charge in [0.1, 0.15) is 9.90 Å². The molecule has 1 rings (SSSR count). The second-order valence-electron chi connectivity index (χ2n) is 4.39. The van der Waals surface area contributed by atoms with E-state index in [9.17, 15) is 8.42 Å². The van der Waals surface area contributed by atoms with E-state index in [1.54, 1.807) is 0 Å². The number of hydrogen-bond donors (Lipinski definition) is 2. The molecule has 0 unspecified atom stereocenters. The number of nitrogens with two attached hydrogens (primary N) is 1. The second-order valence-corrected chi connectivity index (χ2v) is 7.12. The zero-order chi connectivity index (χ0) is 13.8. The molecule has 0 aliphatic heterocycles. The first-order valence-electron chi connectivity index (χ1n) is 5.59. The molecule has 1 aromatic rings. The smallest absolute Gasteiger partial charge is 0.182 e. The first-order chi connectivity index (χ1) is 8.32. The molecule has 0 saturated heterocycles. The first-order valence-corrected chi connectivity index (χ1v) is 8.25. The molecular formula is C10H19N3O3S2. The van der Waals surface area contributed by atoms with Crippen LogP contribution in [0.1, 0.15) is 13.8 Å². The molecule has 0 aliphatic carbocycles. The Hall–Kier alpha value is -0.860. The zero-order valence-electron chi connectivity index (χ0n) is 10.8. The van der Waals surface area contributed by atoms with Gasteiger partial charge in [0.25, 0.3) is 0 Å². The Morgan fingerprint density at radius 3 is 2.72 bits per heavy atom. The van der Waals surface area contributed by atoms with E-state index in [2.05, 4.69) is 23.5 Å². The van der Waals surface area contributed by atoms with Crippen molar-refractivity contribution in [2.45, 2.75) is 18.7 Å². The third kappa shape index (κ3) is 4.43. The number of hydrogen-bond acceptors (Lipinski definition) is 7. The van der Waals surface area contributed by atoms with Gasteiger partial charge < -0.3 is 15.8 Å². The van der Waals surface area contributed by atoms with Gasteiger partial charge in [-0.2, -0.15) is 4.37 Å². The Morgan fingerprint density at radius 1 is 1.50 bits per heavy atom. The molecular weight excluding hydrogens is 274 g/mol. The van der Waals surface area contributed by atoms with Crippen LogP contribution in [-0.4, -0.2) is 38.8 Å². The van der Waals surface area contributed by atoms with Crippen molar-refractivity contribution in [1.82, 2.24) is 4.37 Å². The molecule has 1 heterocycles. The van der Waals surface area contributed by atoms with Crippen molar-refractivity contribution in [1.29, 1.82) is 0 Å². The minimum atomic E-state index is -3.36. The SMILES string of the molecule is CC(C)COCCNc1snc(N)c1S(C)(=O)=O. The molecule has 0 saturated carbocycles. The lowest BCUT2D eigenvalue weighted by Crippen LogP contribution is -2.13. The van der Waals surface area contributed by atoms with E-state index in [4.69, 9.17) is 10.5 Å². The number of rotatable bonds is 7. The Morgan fingerprint density at radius 2 is 2.17 bits per heavy atom. The number of anilines is 2. The summed E-state index contributed by atoms with van der Waals surface area (Å²) in [4.78, 5) is 0.0800. The Balaban J connectivity index is 2.54. The molecule has 18 heavy (non-hydrogen) atoms. The van der Waals surface area contributed by atoms with E-state index in [0.29, 0.717) is 30.7 Å². The molecule has 0 fully saturated rings. The van der Waals surface area contributed by atoms with Gasteiger partial charge in [-0.1, -0.05) is 13.8 Å². The van der Waals surface area contributed by atoms with Crippen LogP contribution in [0.3, 0.4) is 0 Å². The highest BCUT2D eigenvalue weighted by atomic mass is 32.2. The summed E-state index contributed by atoms with van der Waals surface area (Å²) in [6, 6.07) is 0. The van der Waals surface area contributed by atoms with Crippen molar-refractivity contribution < 1.29 is 13.2 Å². The molecule has 0 spiro atoms. The first kappa shape index (κ1) is 15.2. The van der Waals surface area contributed by atoms with E-state index in [-0.39, 0.29) is 10.7 Å². The van der Waals surface area contributed by atoms with Crippen LogP contribution in [0.4, 0.5) is 10.8 Å². The minimum absolute atomic E-state index is 0.0492. The third-order valence-corrected chi connectivity index (χ3v) is 4.13. The predicted molar refractivity (Wildman–Crippen MR) is 73.8 cm³/mol. The van der Waals surface area contributed by atoms with Gasteiger partial charge in [-0.3, -0.25) is 0 Å². The number of aromatic nitrogens is 1. The molecule has 8 heteroatoms. The highest BCUT2D eigenvalue weighted by Crippen LogP contribution is 2.30. The van der Waals surface area contributed by atoms with E-state index in [0.717, 1.165) is 17.8 Å². The standard InChI is InChI=1S/C10H19N3O3S2/c1-7(2)6-16-5-4-12-10-8(18(3,14)15)9(11)13-17-10/h7,12H,4-6H2,1-3H3,(H2,11,13). The fraction of sp³-hybridized carbons (Fsp3) is 0.700. The lowest BCUT2D eigenvalue weighted by atomic mass is 10.2. The van der Waals surface area contributed by atoms with Gasteiger partial charge in [0, 0.05) is 19.4 Å². The molecule has 6 nitrogen and oxygen atoms in total. The lowest BCUT2D eigenvalue weighted by molar-refractivity contribution is 0.118. The largest absolute Gasteiger partial charge is 0.382 e. The average molecular weight is 293 g/mol. The van der Waals surface area contributed by atoms with E-state index in [1.165, 1.54) is 0 Å². The van der Waals surface area contributed by atoms with Gasteiger partial charge >= 0.3 is 0 Å². The summed E-state index contributed by atoms with van der Waals surface area (Å²) in [5.41, 5.74) is 5.55. The summed E-state index contributed by atoms with van der Waals surface area (Å²) >= 11 is 1.05. The third-order valence-electron chi connectivity index (χ3n) is 2.03. The van der Waals surface area contributed by atoms with Gasteiger partial charge in [0.05, 0.1) is 6.61 Å². The van der Waals surface area contributed by atoms with Crippen molar-refractivity contribution in [3.63, 3.8) is 0 Å². The Kier molecular flexibility index (Phi) is 5.36. The molecule has 0 aromatic carbocycles. The molecule has 104 valence electrons. The second kappa shape index (κ2) is 6.35. The zero-order valence-corrected chi connectivity index (χ0v) is 12.4. The topological polar surface area (TPSA) is 94.3 Å². The van der Waals surface area contributed by atoms with Crippen LogP contribution >= 0.6 is 11.5 Å². The van der Waals surface area contributed by atoms with Gasteiger partial charge in [0.15, 0.2) is 15.7 Å². The lowest BCUT2D eigenvalue weighted by Gasteiger charge is -2.08. The van der Waals surface area contributed by atoms with Crippen molar-refractivity contribution in [2.75, 3.05) is 37.1 Å².